The normalized spacial score (nSPS) is 24.6. The fourth-order valence-electron chi connectivity index (χ4n) is 2.54. The van der Waals surface area contributed by atoms with Crippen molar-refractivity contribution in [2.75, 3.05) is 13.1 Å². The van der Waals surface area contributed by atoms with Gasteiger partial charge in [-0.05, 0) is 39.7 Å². The molecule has 5 nitrogen and oxygen atoms in total. The molecule has 1 aliphatic rings. The van der Waals surface area contributed by atoms with E-state index >= 15 is 0 Å². The predicted molar refractivity (Wildman–Crippen MR) is 70.9 cm³/mol. The highest BCUT2D eigenvalue weighted by Gasteiger charge is 2.40. The number of carbonyl (C=O) groups excluding carboxylic acids is 2. The van der Waals surface area contributed by atoms with E-state index in [1.807, 2.05) is 20.8 Å². The SMILES string of the molecule is CCC1(C(=O)NC(C)(C)CC(N)=O)CCCNC1. The van der Waals surface area contributed by atoms with Crippen molar-refractivity contribution in [2.24, 2.45) is 11.1 Å². The maximum atomic E-state index is 12.4. The number of nitrogens with one attached hydrogen (secondary N) is 2. The molecule has 4 N–H and O–H groups in total. The van der Waals surface area contributed by atoms with Gasteiger partial charge in [0, 0.05) is 18.5 Å². The zero-order valence-corrected chi connectivity index (χ0v) is 11.6. The first-order valence-corrected chi connectivity index (χ1v) is 6.63. The second-order valence-corrected chi connectivity index (χ2v) is 5.90. The van der Waals surface area contributed by atoms with Crippen LogP contribution in [0.4, 0.5) is 0 Å². The van der Waals surface area contributed by atoms with Crippen molar-refractivity contribution in [2.45, 2.75) is 52.0 Å². The number of primary amides is 1. The third kappa shape index (κ3) is 3.70. The van der Waals surface area contributed by atoms with E-state index in [-0.39, 0.29) is 17.7 Å². The van der Waals surface area contributed by atoms with Crippen LogP contribution >= 0.6 is 0 Å². The molecule has 1 atom stereocenters. The second-order valence-electron chi connectivity index (χ2n) is 5.90. The Morgan fingerprint density at radius 1 is 1.44 bits per heavy atom. The van der Waals surface area contributed by atoms with Crippen molar-refractivity contribution in [3.63, 3.8) is 0 Å². The number of carbonyl (C=O) groups is 2. The van der Waals surface area contributed by atoms with E-state index in [4.69, 9.17) is 5.73 Å². The third-order valence-electron chi connectivity index (χ3n) is 3.70. The number of piperidine rings is 1. The Bertz CT molecular complexity index is 320. The maximum absolute atomic E-state index is 12.4. The molecule has 0 saturated carbocycles. The van der Waals surface area contributed by atoms with Gasteiger partial charge in [0.2, 0.25) is 11.8 Å². The number of rotatable bonds is 5. The summed E-state index contributed by atoms with van der Waals surface area (Å²) in [6, 6.07) is 0. The number of nitrogens with two attached hydrogens (primary N) is 1. The number of amides is 2. The molecule has 0 aromatic heterocycles. The molecule has 1 unspecified atom stereocenters. The molecule has 0 bridgehead atoms. The van der Waals surface area contributed by atoms with Crippen LogP contribution in [0.5, 0.6) is 0 Å². The van der Waals surface area contributed by atoms with Crippen molar-refractivity contribution in [1.82, 2.24) is 10.6 Å². The van der Waals surface area contributed by atoms with Crippen LogP contribution in [-0.4, -0.2) is 30.4 Å². The molecule has 18 heavy (non-hydrogen) atoms. The van der Waals surface area contributed by atoms with Crippen LogP contribution in [0.3, 0.4) is 0 Å². The van der Waals surface area contributed by atoms with E-state index in [1.54, 1.807) is 0 Å². The Morgan fingerprint density at radius 3 is 2.56 bits per heavy atom. The predicted octanol–water partition coefficient (Wildman–Crippen LogP) is 0.536. The van der Waals surface area contributed by atoms with Gasteiger partial charge >= 0.3 is 0 Å². The molecular weight excluding hydrogens is 230 g/mol. The first-order valence-electron chi connectivity index (χ1n) is 6.63. The van der Waals surface area contributed by atoms with Crippen LogP contribution in [0.15, 0.2) is 0 Å². The quantitative estimate of drug-likeness (QED) is 0.670. The minimum atomic E-state index is -0.581. The molecule has 1 heterocycles. The van der Waals surface area contributed by atoms with Gasteiger partial charge in [-0.1, -0.05) is 6.92 Å². The molecule has 104 valence electrons. The third-order valence-corrected chi connectivity index (χ3v) is 3.70. The Balaban J connectivity index is 2.70. The Labute approximate surface area is 109 Å². The van der Waals surface area contributed by atoms with Crippen LogP contribution in [-0.2, 0) is 9.59 Å². The van der Waals surface area contributed by atoms with Gasteiger partial charge in [-0.3, -0.25) is 9.59 Å². The first-order chi connectivity index (χ1) is 8.31. The number of hydrogen-bond donors (Lipinski definition) is 3. The summed E-state index contributed by atoms with van der Waals surface area (Å²) in [5, 5.41) is 6.25. The highest BCUT2D eigenvalue weighted by atomic mass is 16.2. The fraction of sp³-hybridized carbons (Fsp3) is 0.846. The summed E-state index contributed by atoms with van der Waals surface area (Å²) < 4.78 is 0. The molecule has 0 aromatic carbocycles. The van der Waals surface area contributed by atoms with E-state index in [9.17, 15) is 9.59 Å². The fourth-order valence-corrected chi connectivity index (χ4v) is 2.54. The van der Waals surface area contributed by atoms with Crippen molar-refractivity contribution in [3.8, 4) is 0 Å². The molecule has 1 aliphatic heterocycles. The summed E-state index contributed by atoms with van der Waals surface area (Å²) >= 11 is 0. The molecular formula is C13H25N3O2. The molecule has 1 saturated heterocycles. The van der Waals surface area contributed by atoms with E-state index < -0.39 is 11.4 Å². The Kier molecular flexibility index (Phi) is 4.73. The second kappa shape index (κ2) is 5.69. The minimum absolute atomic E-state index is 0.0310. The molecule has 1 rings (SSSR count). The van der Waals surface area contributed by atoms with Gasteiger partial charge in [0.05, 0.1) is 5.41 Å². The zero-order valence-electron chi connectivity index (χ0n) is 11.6. The lowest BCUT2D eigenvalue weighted by Crippen LogP contribution is -2.56. The van der Waals surface area contributed by atoms with Gasteiger partial charge in [-0.25, -0.2) is 0 Å². The van der Waals surface area contributed by atoms with Crippen molar-refractivity contribution in [3.05, 3.63) is 0 Å². The van der Waals surface area contributed by atoms with Crippen LogP contribution < -0.4 is 16.4 Å². The Hall–Kier alpha value is -1.10. The van der Waals surface area contributed by atoms with E-state index in [2.05, 4.69) is 10.6 Å². The summed E-state index contributed by atoms with van der Waals surface area (Å²) in [6.45, 7) is 7.37. The standard InChI is InChI=1S/C13H25N3O2/c1-4-13(6-5-7-15-9-13)11(18)16-12(2,3)8-10(14)17/h15H,4-9H2,1-3H3,(H2,14,17)(H,16,18). The zero-order chi connectivity index (χ0) is 13.8. The largest absolute Gasteiger partial charge is 0.370 e. The number of hydrogen-bond acceptors (Lipinski definition) is 3. The highest BCUT2D eigenvalue weighted by Crippen LogP contribution is 2.31. The molecule has 5 heteroatoms. The summed E-state index contributed by atoms with van der Waals surface area (Å²) in [4.78, 5) is 23.4. The molecule has 0 spiro atoms. The Morgan fingerprint density at radius 2 is 2.11 bits per heavy atom. The van der Waals surface area contributed by atoms with Gasteiger partial charge < -0.3 is 16.4 Å². The molecule has 2 amide bonds. The van der Waals surface area contributed by atoms with Crippen molar-refractivity contribution in [1.29, 1.82) is 0 Å². The van der Waals surface area contributed by atoms with Gasteiger partial charge in [0.25, 0.3) is 0 Å². The highest BCUT2D eigenvalue weighted by molar-refractivity contribution is 5.84. The van der Waals surface area contributed by atoms with Crippen LogP contribution in [0.1, 0.15) is 46.5 Å². The van der Waals surface area contributed by atoms with Crippen LogP contribution in [0.25, 0.3) is 0 Å². The lowest BCUT2D eigenvalue weighted by atomic mass is 9.77. The molecule has 0 aromatic rings. The van der Waals surface area contributed by atoms with Crippen molar-refractivity contribution >= 4 is 11.8 Å². The summed E-state index contributed by atoms with van der Waals surface area (Å²) in [7, 11) is 0. The average Bonchev–Trinajstić information content (AvgIpc) is 2.27. The average molecular weight is 255 g/mol. The van der Waals surface area contributed by atoms with E-state index in [0.29, 0.717) is 6.54 Å². The molecule has 0 aliphatic carbocycles. The van der Waals surface area contributed by atoms with Crippen LogP contribution in [0.2, 0.25) is 0 Å². The smallest absolute Gasteiger partial charge is 0.227 e. The minimum Gasteiger partial charge on any atom is -0.370 e. The maximum Gasteiger partial charge on any atom is 0.227 e. The van der Waals surface area contributed by atoms with Gasteiger partial charge in [-0.15, -0.1) is 0 Å². The lowest BCUT2D eigenvalue weighted by molar-refractivity contribution is -0.134. The van der Waals surface area contributed by atoms with Gasteiger partial charge in [0.1, 0.15) is 0 Å². The van der Waals surface area contributed by atoms with Gasteiger partial charge in [0.15, 0.2) is 0 Å². The first kappa shape index (κ1) is 15.0. The molecule has 1 fully saturated rings. The van der Waals surface area contributed by atoms with Gasteiger partial charge in [-0.2, -0.15) is 0 Å². The van der Waals surface area contributed by atoms with Crippen LogP contribution in [0, 0.1) is 5.41 Å². The van der Waals surface area contributed by atoms with Crippen molar-refractivity contribution < 1.29 is 9.59 Å². The van der Waals surface area contributed by atoms with E-state index in [0.717, 1.165) is 25.8 Å². The lowest BCUT2D eigenvalue weighted by Gasteiger charge is -2.38. The summed E-state index contributed by atoms with van der Waals surface area (Å²) in [5.74, 6) is -0.365. The topological polar surface area (TPSA) is 84.2 Å². The summed E-state index contributed by atoms with van der Waals surface area (Å²) in [6.07, 6.45) is 2.87. The monoisotopic (exact) mass is 255 g/mol. The molecule has 0 radical (unpaired) electrons. The van der Waals surface area contributed by atoms with E-state index in [1.165, 1.54) is 0 Å². The summed E-state index contributed by atoms with van der Waals surface area (Å²) in [5.41, 5.74) is 4.27.